The van der Waals surface area contributed by atoms with Gasteiger partial charge in [0, 0.05) is 0 Å². The highest BCUT2D eigenvalue weighted by atomic mass is 79.9. The lowest BCUT2D eigenvalue weighted by molar-refractivity contribution is 0.746. The number of halogens is 2. The van der Waals surface area contributed by atoms with Crippen molar-refractivity contribution in [2.24, 2.45) is 11.8 Å². The summed E-state index contributed by atoms with van der Waals surface area (Å²) in [6, 6.07) is 0. The molecule has 0 radical (unpaired) electrons. The van der Waals surface area contributed by atoms with Gasteiger partial charge in [-0.05, 0) is 49.7 Å². The fraction of sp³-hybridized carbons (Fsp3) is 1.00. The van der Waals surface area contributed by atoms with Gasteiger partial charge in [0.1, 0.15) is 0 Å². The molecule has 0 spiro atoms. The summed E-state index contributed by atoms with van der Waals surface area (Å²) in [4.78, 5) is 0. The van der Waals surface area contributed by atoms with Gasteiger partial charge in [0.25, 0.3) is 0 Å². The van der Waals surface area contributed by atoms with Crippen molar-refractivity contribution < 1.29 is 0 Å². The quantitative estimate of drug-likeness (QED) is 0.352. The lowest BCUT2D eigenvalue weighted by Crippen LogP contribution is -1.92. The van der Waals surface area contributed by atoms with Gasteiger partial charge in [-0.3, -0.25) is 0 Å². The Morgan fingerprint density at radius 1 is 0.722 bits per heavy atom. The molecule has 0 saturated carbocycles. The average Bonchev–Trinajstić information content (AvgIpc) is 2.16. The van der Waals surface area contributed by atoms with Gasteiger partial charge >= 0.3 is 0 Å². The van der Waals surface area contributed by atoms with Crippen molar-refractivity contribution in [3.63, 3.8) is 0 Å². The van der Waals surface area contributed by atoms with E-state index in [-0.39, 0.29) is 13.2 Å². The van der Waals surface area contributed by atoms with Crippen LogP contribution in [0.4, 0.5) is 0 Å². The van der Waals surface area contributed by atoms with Gasteiger partial charge in [-0.25, -0.2) is 0 Å². The van der Waals surface area contributed by atoms with E-state index in [0.29, 0.717) is 0 Å². The maximum Gasteiger partial charge on any atom is -0.0204 e. The summed E-state index contributed by atoms with van der Waals surface area (Å²) in [7, 11) is 0. The van der Waals surface area contributed by atoms with Crippen LogP contribution in [0.3, 0.4) is 0 Å². The molecule has 0 fully saturated rings. The summed E-state index contributed by atoms with van der Waals surface area (Å²) in [5, 5.41) is 0. The third-order valence-electron chi connectivity index (χ3n) is 2.06. The molecule has 112 valence electrons. The Balaban J connectivity index is 0. The first kappa shape index (κ1) is 22.1. The number of rotatable bonds is 8. The molecular formula is C14H32Br2P2. The summed E-state index contributed by atoms with van der Waals surface area (Å²) >= 11 is 7.41. The highest BCUT2D eigenvalue weighted by molar-refractivity contribution is 9.39. The largest absolute Gasteiger partial charge is 0.0650 e. The Labute approximate surface area is 134 Å². The number of hydrogen-bond donors (Lipinski definition) is 0. The SMILES string of the molecule is CCCP(Br)CC(C)C.CCCP(Br)CC(C)C. The second-order valence-corrected chi connectivity index (χ2v) is 15.0. The van der Waals surface area contributed by atoms with Crippen molar-refractivity contribution in [3.8, 4) is 0 Å². The summed E-state index contributed by atoms with van der Waals surface area (Å²) in [6.07, 6.45) is 8.17. The predicted octanol–water partition coefficient (Wildman–Crippen LogP) is 7.69. The Hall–Kier alpha value is 1.82. The molecule has 0 aromatic heterocycles. The minimum absolute atomic E-state index is 0.192. The molecule has 0 aliphatic rings. The van der Waals surface area contributed by atoms with Crippen LogP contribution < -0.4 is 0 Å². The molecule has 2 atom stereocenters. The third-order valence-corrected chi connectivity index (χ3v) is 10.0. The number of hydrogen-bond acceptors (Lipinski definition) is 0. The molecule has 18 heavy (non-hydrogen) atoms. The van der Waals surface area contributed by atoms with Crippen molar-refractivity contribution in [2.75, 3.05) is 24.6 Å². The second-order valence-electron chi connectivity index (χ2n) is 5.53. The lowest BCUT2D eigenvalue weighted by atomic mass is 10.3. The second kappa shape index (κ2) is 15.2. The van der Waals surface area contributed by atoms with E-state index in [1.165, 1.54) is 37.5 Å². The molecule has 0 amide bonds. The molecule has 0 aromatic rings. The van der Waals surface area contributed by atoms with Crippen LogP contribution in [-0.4, -0.2) is 24.6 Å². The topological polar surface area (TPSA) is 0 Å². The van der Waals surface area contributed by atoms with E-state index in [1.54, 1.807) is 0 Å². The van der Waals surface area contributed by atoms with E-state index in [1.807, 2.05) is 0 Å². The lowest BCUT2D eigenvalue weighted by Gasteiger charge is -2.10. The van der Waals surface area contributed by atoms with Crippen molar-refractivity contribution in [2.45, 2.75) is 54.4 Å². The predicted molar refractivity (Wildman–Crippen MR) is 101 cm³/mol. The van der Waals surface area contributed by atoms with E-state index in [4.69, 9.17) is 0 Å². The summed E-state index contributed by atoms with van der Waals surface area (Å²) in [5.74, 6) is 1.73. The Morgan fingerprint density at radius 3 is 1.17 bits per heavy atom. The van der Waals surface area contributed by atoms with Crippen molar-refractivity contribution >= 4 is 44.2 Å². The van der Waals surface area contributed by atoms with Crippen molar-refractivity contribution in [3.05, 3.63) is 0 Å². The average molecular weight is 422 g/mol. The molecule has 0 heterocycles. The van der Waals surface area contributed by atoms with Crippen LogP contribution in [0.25, 0.3) is 0 Å². The van der Waals surface area contributed by atoms with Crippen LogP contribution in [0.15, 0.2) is 0 Å². The minimum Gasteiger partial charge on any atom is -0.0650 e. The molecule has 0 saturated heterocycles. The fourth-order valence-electron chi connectivity index (χ4n) is 1.46. The normalized spacial score (nSPS) is 14.3. The highest BCUT2D eigenvalue weighted by Gasteiger charge is 2.04. The van der Waals surface area contributed by atoms with Gasteiger partial charge in [0.2, 0.25) is 0 Å². The van der Waals surface area contributed by atoms with Crippen LogP contribution >= 0.6 is 44.2 Å². The van der Waals surface area contributed by atoms with Gasteiger partial charge in [-0.15, -0.1) is 0 Å². The monoisotopic (exact) mass is 420 g/mol. The van der Waals surface area contributed by atoms with E-state index >= 15 is 0 Å². The molecule has 0 N–H and O–H groups in total. The summed E-state index contributed by atoms with van der Waals surface area (Å²) in [5.41, 5.74) is 0. The molecule has 2 unspecified atom stereocenters. The zero-order valence-electron chi connectivity index (χ0n) is 13.0. The zero-order valence-corrected chi connectivity index (χ0v) is 18.0. The maximum absolute atomic E-state index is 3.70. The van der Waals surface area contributed by atoms with Crippen LogP contribution in [0.5, 0.6) is 0 Å². The summed E-state index contributed by atoms with van der Waals surface area (Å²) < 4.78 is 0. The van der Waals surface area contributed by atoms with Gasteiger partial charge in [-0.2, -0.15) is 0 Å². The van der Waals surface area contributed by atoms with Crippen LogP contribution in [0.1, 0.15) is 54.4 Å². The summed E-state index contributed by atoms with van der Waals surface area (Å²) in [6.45, 7) is 14.0. The van der Waals surface area contributed by atoms with Gasteiger partial charge < -0.3 is 0 Å². The molecule has 4 heteroatoms. The maximum atomic E-state index is 3.70. The van der Waals surface area contributed by atoms with E-state index in [9.17, 15) is 0 Å². The first-order chi connectivity index (χ1) is 8.33. The first-order valence-electron chi connectivity index (χ1n) is 7.14. The molecule has 0 nitrogen and oxygen atoms in total. The van der Waals surface area contributed by atoms with Gasteiger partial charge in [-0.1, -0.05) is 85.4 Å². The molecule has 0 bridgehead atoms. The Bertz CT molecular complexity index is 146. The fourth-order valence-corrected chi connectivity index (χ4v) is 9.98. The molecular weight excluding hydrogens is 390 g/mol. The Kier molecular flexibility index (Phi) is 18.7. The van der Waals surface area contributed by atoms with E-state index in [2.05, 4.69) is 72.5 Å². The minimum atomic E-state index is 0.192. The zero-order chi connectivity index (χ0) is 14.6. The first-order valence-corrected chi connectivity index (χ1v) is 14.6. The molecule has 0 aliphatic carbocycles. The highest BCUT2D eigenvalue weighted by Crippen LogP contribution is 2.46. The third kappa shape index (κ3) is 20.1. The molecule has 0 aromatic carbocycles. The van der Waals surface area contributed by atoms with Crippen molar-refractivity contribution in [1.29, 1.82) is 0 Å². The Morgan fingerprint density at radius 2 is 1.00 bits per heavy atom. The van der Waals surface area contributed by atoms with Crippen LogP contribution in [0, 0.1) is 11.8 Å². The van der Waals surface area contributed by atoms with Crippen LogP contribution in [0.2, 0.25) is 0 Å². The molecule has 0 aliphatic heterocycles. The van der Waals surface area contributed by atoms with Crippen LogP contribution in [-0.2, 0) is 0 Å². The van der Waals surface area contributed by atoms with E-state index < -0.39 is 0 Å². The van der Waals surface area contributed by atoms with Gasteiger partial charge in [0.15, 0.2) is 0 Å². The van der Waals surface area contributed by atoms with Crippen molar-refractivity contribution in [1.82, 2.24) is 0 Å². The smallest absolute Gasteiger partial charge is 0.0204 e. The molecule has 0 rings (SSSR count). The standard InChI is InChI=1S/2C7H16BrP/c2*1-4-5-9(8)6-7(2)3/h2*7H,4-6H2,1-3H3. The van der Waals surface area contributed by atoms with E-state index in [0.717, 1.165) is 11.8 Å². The van der Waals surface area contributed by atoms with Gasteiger partial charge in [0.05, 0.1) is 0 Å².